The molecule has 0 heterocycles. The van der Waals surface area contributed by atoms with Crippen molar-refractivity contribution in [3.05, 3.63) is 12.2 Å². The van der Waals surface area contributed by atoms with Crippen molar-refractivity contribution in [1.82, 2.24) is 4.90 Å². The van der Waals surface area contributed by atoms with Gasteiger partial charge in [0.05, 0.1) is 13.2 Å². The molecule has 0 aliphatic heterocycles. The fraction of sp³-hybridized carbons (Fsp3) is 0.824. The maximum absolute atomic E-state index is 12.8. The summed E-state index contributed by atoms with van der Waals surface area (Å²) in [4.78, 5) is 14.7. The van der Waals surface area contributed by atoms with E-state index in [-0.39, 0.29) is 36.5 Å². The van der Waals surface area contributed by atoms with E-state index in [1.807, 2.05) is 11.8 Å². The maximum Gasteiger partial charge on any atom is 0.138 e. The van der Waals surface area contributed by atoms with Crippen LogP contribution in [0.15, 0.2) is 12.2 Å². The van der Waals surface area contributed by atoms with E-state index < -0.39 is 0 Å². The number of aliphatic hydroxyl groups is 2. The molecule has 21 heavy (non-hydrogen) atoms. The van der Waals surface area contributed by atoms with Gasteiger partial charge < -0.3 is 10.2 Å². The van der Waals surface area contributed by atoms with Gasteiger partial charge in [0, 0.05) is 31.5 Å². The lowest BCUT2D eigenvalue weighted by atomic mass is 9.64. The van der Waals surface area contributed by atoms with E-state index in [0.29, 0.717) is 25.3 Å². The average molecular weight is 297 g/mol. The van der Waals surface area contributed by atoms with E-state index in [9.17, 15) is 4.79 Å². The second kappa shape index (κ2) is 8.06. The molecule has 0 aromatic carbocycles. The van der Waals surface area contributed by atoms with E-state index in [1.165, 1.54) is 0 Å². The summed E-state index contributed by atoms with van der Waals surface area (Å²) >= 11 is 0. The molecule has 0 aromatic heterocycles. The van der Waals surface area contributed by atoms with Crippen LogP contribution in [0, 0.1) is 17.3 Å². The van der Waals surface area contributed by atoms with Gasteiger partial charge in [0.2, 0.25) is 0 Å². The molecule has 0 amide bonds. The van der Waals surface area contributed by atoms with Crippen LogP contribution >= 0.6 is 0 Å². The van der Waals surface area contributed by atoms with Crippen molar-refractivity contribution in [1.29, 1.82) is 0 Å². The monoisotopic (exact) mass is 297 g/mol. The summed E-state index contributed by atoms with van der Waals surface area (Å²) in [6.45, 7) is 9.54. The van der Waals surface area contributed by atoms with Gasteiger partial charge in [-0.2, -0.15) is 0 Å². The van der Waals surface area contributed by atoms with Gasteiger partial charge in [-0.1, -0.05) is 32.9 Å². The Morgan fingerprint density at radius 3 is 2.38 bits per heavy atom. The molecule has 3 atom stereocenters. The first-order valence-corrected chi connectivity index (χ1v) is 7.98. The highest BCUT2D eigenvalue weighted by Crippen LogP contribution is 2.41. The predicted molar refractivity (Wildman–Crippen MR) is 85.0 cm³/mol. The van der Waals surface area contributed by atoms with Gasteiger partial charge in [0.15, 0.2) is 0 Å². The average Bonchev–Trinajstić information content (AvgIpc) is 2.37. The summed E-state index contributed by atoms with van der Waals surface area (Å²) in [7, 11) is 0. The van der Waals surface area contributed by atoms with Crippen LogP contribution in [0.2, 0.25) is 0 Å². The molecule has 0 saturated heterocycles. The van der Waals surface area contributed by atoms with Crippen LogP contribution in [0.1, 0.15) is 40.5 Å². The minimum absolute atomic E-state index is 0.00373. The first-order valence-electron chi connectivity index (χ1n) is 7.98. The Bertz CT molecular complexity index is 359. The van der Waals surface area contributed by atoms with E-state index in [1.54, 1.807) is 0 Å². The molecular weight excluding hydrogens is 266 g/mol. The highest BCUT2D eigenvalue weighted by molar-refractivity contribution is 5.83. The Hall–Kier alpha value is -0.710. The molecule has 3 unspecified atom stereocenters. The Kier molecular flexibility index (Phi) is 7.04. The smallest absolute Gasteiger partial charge is 0.138 e. The maximum atomic E-state index is 12.8. The van der Waals surface area contributed by atoms with Crippen LogP contribution in [0.25, 0.3) is 0 Å². The van der Waals surface area contributed by atoms with Gasteiger partial charge in [-0.15, -0.1) is 0 Å². The molecule has 0 spiro atoms. The van der Waals surface area contributed by atoms with Crippen molar-refractivity contribution in [2.24, 2.45) is 17.3 Å². The van der Waals surface area contributed by atoms with Crippen LogP contribution in [0.3, 0.4) is 0 Å². The van der Waals surface area contributed by atoms with E-state index >= 15 is 0 Å². The standard InChI is InChI=1S/C17H31NO3/c1-13-6-5-7-17(3,4)16(13)15(21)12-14(2)18(8-10-19)9-11-20/h5-6,13-14,16,19-20H,7-12H2,1-4H3. The van der Waals surface area contributed by atoms with Gasteiger partial charge in [0.1, 0.15) is 5.78 Å². The SMILES string of the molecule is CC1C=CCC(C)(C)C1C(=O)CC(C)N(CCO)CCO. The molecule has 0 fully saturated rings. The lowest BCUT2D eigenvalue weighted by Gasteiger charge is -2.40. The van der Waals surface area contributed by atoms with Gasteiger partial charge in [-0.25, -0.2) is 0 Å². The van der Waals surface area contributed by atoms with Crippen LogP contribution in [-0.2, 0) is 4.79 Å². The van der Waals surface area contributed by atoms with Crippen LogP contribution < -0.4 is 0 Å². The summed E-state index contributed by atoms with van der Waals surface area (Å²) in [6.07, 6.45) is 5.75. The number of Topliss-reactive ketones (excluding diaryl/α,β-unsaturated/α-hetero) is 1. The third-order valence-electron chi connectivity index (χ3n) is 4.69. The number of ketones is 1. The normalized spacial score (nSPS) is 26.0. The summed E-state index contributed by atoms with van der Waals surface area (Å²) in [5, 5.41) is 18.2. The second-order valence-electron chi connectivity index (χ2n) is 6.96. The summed E-state index contributed by atoms with van der Waals surface area (Å²) in [5.41, 5.74) is 0.00373. The predicted octanol–water partition coefficient (Wildman–Crippen LogP) is 1.86. The molecule has 4 nitrogen and oxygen atoms in total. The van der Waals surface area contributed by atoms with Crippen LogP contribution in [0.4, 0.5) is 0 Å². The van der Waals surface area contributed by atoms with Gasteiger partial charge >= 0.3 is 0 Å². The molecule has 122 valence electrons. The zero-order chi connectivity index (χ0) is 16.0. The molecular formula is C17H31NO3. The fourth-order valence-electron chi connectivity index (χ4n) is 3.62. The fourth-order valence-corrected chi connectivity index (χ4v) is 3.62. The third kappa shape index (κ3) is 4.90. The van der Waals surface area contributed by atoms with Gasteiger partial charge in [0.25, 0.3) is 0 Å². The van der Waals surface area contributed by atoms with E-state index in [0.717, 1.165) is 6.42 Å². The summed E-state index contributed by atoms with van der Waals surface area (Å²) < 4.78 is 0. The van der Waals surface area contributed by atoms with Crippen molar-refractivity contribution in [3.8, 4) is 0 Å². The third-order valence-corrected chi connectivity index (χ3v) is 4.69. The molecule has 0 aromatic rings. The van der Waals surface area contributed by atoms with Gasteiger partial charge in [-0.05, 0) is 24.7 Å². The number of rotatable bonds is 8. The van der Waals surface area contributed by atoms with Crippen molar-refractivity contribution in [2.45, 2.75) is 46.6 Å². The Morgan fingerprint density at radius 2 is 1.90 bits per heavy atom. The second-order valence-corrected chi connectivity index (χ2v) is 6.96. The summed E-state index contributed by atoms with van der Waals surface area (Å²) in [5.74, 6) is 0.623. The molecule has 2 N–H and O–H groups in total. The zero-order valence-corrected chi connectivity index (χ0v) is 13.9. The molecule has 4 heteroatoms. The molecule has 0 radical (unpaired) electrons. The molecule has 0 bridgehead atoms. The first-order chi connectivity index (χ1) is 9.83. The Morgan fingerprint density at radius 1 is 1.33 bits per heavy atom. The minimum Gasteiger partial charge on any atom is -0.395 e. The number of allylic oxidation sites excluding steroid dienone is 2. The van der Waals surface area contributed by atoms with Crippen molar-refractivity contribution >= 4 is 5.78 Å². The molecule has 1 rings (SSSR count). The summed E-state index contributed by atoms with van der Waals surface area (Å²) in [6, 6.07) is 0.0470. The minimum atomic E-state index is 0.00373. The number of aliphatic hydroxyl groups excluding tert-OH is 2. The number of hydrogen-bond acceptors (Lipinski definition) is 4. The number of carbonyl (C=O) groups excluding carboxylic acids is 1. The van der Waals surface area contributed by atoms with Crippen LogP contribution in [0.5, 0.6) is 0 Å². The highest BCUT2D eigenvalue weighted by atomic mass is 16.3. The Labute approximate surface area is 128 Å². The lowest BCUT2D eigenvalue weighted by molar-refractivity contribution is -0.129. The quantitative estimate of drug-likeness (QED) is 0.671. The topological polar surface area (TPSA) is 60.8 Å². The highest BCUT2D eigenvalue weighted by Gasteiger charge is 2.39. The first kappa shape index (κ1) is 18.3. The van der Waals surface area contributed by atoms with Gasteiger partial charge in [-0.3, -0.25) is 9.69 Å². The largest absolute Gasteiger partial charge is 0.395 e. The van der Waals surface area contributed by atoms with Crippen molar-refractivity contribution in [2.75, 3.05) is 26.3 Å². The number of carbonyl (C=O) groups is 1. The Balaban J connectivity index is 2.72. The molecule has 0 saturated carbocycles. The van der Waals surface area contributed by atoms with Crippen molar-refractivity contribution in [3.63, 3.8) is 0 Å². The van der Waals surface area contributed by atoms with Crippen LogP contribution in [-0.4, -0.2) is 53.2 Å². The zero-order valence-electron chi connectivity index (χ0n) is 13.9. The number of nitrogens with zero attached hydrogens (tertiary/aromatic N) is 1. The van der Waals surface area contributed by atoms with Crippen molar-refractivity contribution < 1.29 is 15.0 Å². The number of hydrogen-bond donors (Lipinski definition) is 2. The lowest BCUT2D eigenvalue weighted by Crippen LogP contribution is -2.43. The van der Waals surface area contributed by atoms with E-state index in [4.69, 9.17) is 10.2 Å². The van der Waals surface area contributed by atoms with E-state index in [2.05, 4.69) is 32.9 Å². The molecule has 1 aliphatic rings. The molecule has 1 aliphatic carbocycles.